The molecule has 0 aromatic heterocycles. The minimum Gasteiger partial charge on any atom is -0.310 e. The lowest BCUT2D eigenvalue weighted by atomic mass is 9.67. The topological polar surface area (TPSA) is 6.48 Å². The van der Waals surface area contributed by atoms with Crippen LogP contribution < -0.4 is 9.80 Å². The standard InChI is InChI=1S/C69H44N2/c1-5-21-47(22-6-1)69(48-23-7-2-8-24-48)61-43-51(70(49-25-9-3-10-26-49)50-27-11-4-12-28-50)37-39-55(61)56-40-38-52(44-62(56)69)71(63-41-35-45-19-17-33-57-53-29-13-15-31-59(53)67(63)65(45)57)64-42-36-46-20-18-34-58-54-30-14-16-32-60(54)68(64)66(46)58/h1-44H. The summed E-state index contributed by atoms with van der Waals surface area (Å²) in [4.78, 5) is 4.99. The predicted molar refractivity (Wildman–Crippen MR) is 297 cm³/mol. The molecule has 2 heteroatoms. The van der Waals surface area contributed by atoms with E-state index in [0.29, 0.717) is 0 Å². The number of nitrogens with zero attached hydrogens (tertiary/aromatic N) is 2. The van der Waals surface area contributed by atoms with Crippen molar-refractivity contribution in [1.82, 2.24) is 0 Å². The zero-order valence-electron chi connectivity index (χ0n) is 38.8. The van der Waals surface area contributed by atoms with Crippen LogP contribution in [0.4, 0.5) is 34.1 Å². The average molecular weight is 901 g/mol. The van der Waals surface area contributed by atoms with Gasteiger partial charge in [-0.3, -0.25) is 0 Å². The highest BCUT2D eigenvalue weighted by Gasteiger charge is 2.47. The number of rotatable bonds is 8. The van der Waals surface area contributed by atoms with Crippen molar-refractivity contribution in [3.05, 3.63) is 289 Å². The summed E-state index contributed by atoms with van der Waals surface area (Å²) in [7, 11) is 0. The fourth-order valence-electron chi connectivity index (χ4n) is 12.7. The Balaban J connectivity index is 1.04. The Morgan fingerprint density at radius 2 is 0.620 bits per heavy atom. The molecule has 0 spiro atoms. The third-order valence-corrected chi connectivity index (χ3v) is 15.6. The molecule has 71 heavy (non-hydrogen) atoms. The molecular formula is C69H44N2. The van der Waals surface area contributed by atoms with E-state index >= 15 is 0 Å². The van der Waals surface area contributed by atoms with Gasteiger partial charge >= 0.3 is 0 Å². The second-order valence-electron chi connectivity index (χ2n) is 19.1. The SMILES string of the molecule is c1ccc(N(c2ccccc2)c2ccc3c(c2)C(c2ccccc2)(c2ccccc2)c2cc(N(c4ccc5cccc6c5c4-c4ccccc4-6)c4ccc5cccc6c5c4-c4ccccc4-6)ccc2-3)cc1. The molecule has 0 heterocycles. The van der Waals surface area contributed by atoms with Gasteiger partial charge in [0.05, 0.1) is 16.8 Å². The summed E-state index contributed by atoms with van der Waals surface area (Å²) >= 11 is 0. The van der Waals surface area contributed by atoms with E-state index < -0.39 is 5.41 Å². The van der Waals surface area contributed by atoms with Crippen molar-refractivity contribution in [1.29, 1.82) is 0 Å². The summed E-state index contributed by atoms with van der Waals surface area (Å²) in [5, 5.41) is 5.11. The highest BCUT2D eigenvalue weighted by Crippen LogP contribution is 2.61. The first-order valence-electron chi connectivity index (χ1n) is 24.7. The van der Waals surface area contributed by atoms with Gasteiger partial charge in [0.25, 0.3) is 0 Å². The van der Waals surface area contributed by atoms with Gasteiger partial charge in [-0.05, 0) is 149 Å². The maximum absolute atomic E-state index is 2.60. The van der Waals surface area contributed by atoms with Crippen molar-refractivity contribution in [3.8, 4) is 55.6 Å². The first kappa shape index (κ1) is 39.7. The first-order valence-corrected chi connectivity index (χ1v) is 24.7. The van der Waals surface area contributed by atoms with Crippen molar-refractivity contribution >= 4 is 55.7 Å². The molecule has 0 bridgehead atoms. The number of para-hydroxylation sites is 2. The number of fused-ring (bicyclic) bond motifs is 9. The van der Waals surface area contributed by atoms with Crippen LogP contribution in [-0.2, 0) is 5.41 Å². The van der Waals surface area contributed by atoms with E-state index in [1.54, 1.807) is 0 Å². The summed E-state index contributed by atoms with van der Waals surface area (Å²) in [6.45, 7) is 0. The lowest BCUT2D eigenvalue weighted by Crippen LogP contribution is -2.29. The Kier molecular flexibility index (Phi) is 8.61. The zero-order chi connectivity index (χ0) is 46.6. The zero-order valence-corrected chi connectivity index (χ0v) is 38.8. The largest absolute Gasteiger partial charge is 0.310 e. The number of hydrogen-bond donors (Lipinski definition) is 0. The van der Waals surface area contributed by atoms with Gasteiger partial charge < -0.3 is 9.80 Å². The highest BCUT2D eigenvalue weighted by molar-refractivity contribution is 6.23. The summed E-state index contributed by atoms with van der Waals surface area (Å²) < 4.78 is 0. The van der Waals surface area contributed by atoms with Crippen molar-refractivity contribution in [2.24, 2.45) is 0 Å². The van der Waals surface area contributed by atoms with Gasteiger partial charge in [-0.1, -0.05) is 206 Å². The van der Waals surface area contributed by atoms with Gasteiger partial charge in [0.15, 0.2) is 0 Å². The molecular weight excluding hydrogens is 857 g/mol. The Morgan fingerprint density at radius 3 is 1.07 bits per heavy atom. The van der Waals surface area contributed by atoms with Crippen LogP contribution in [0.1, 0.15) is 22.3 Å². The highest BCUT2D eigenvalue weighted by atomic mass is 15.2. The van der Waals surface area contributed by atoms with E-state index in [-0.39, 0.29) is 0 Å². The normalized spacial score (nSPS) is 12.9. The Hall–Kier alpha value is -9.24. The summed E-state index contributed by atoms with van der Waals surface area (Å²) in [6, 6.07) is 99.4. The molecule has 0 N–H and O–H groups in total. The summed E-state index contributed by atoms with van der Waals surface area (Å²) in [5.41, 5.74) is 23.7. The van der Waals surface area contributed by atoms with Crippen LogP contribution in [-0.4, -0.2) is 0 Å². The average Bonchev–Trinajstić information content (AvgIpc) is 4.07. The van der Waals surface area contributed by atoms with E-state index in [0.717, 1.165) is 34.1 Å². The molecule has 0 aliphatic heterocycles. The molecule has 0 saturated carbocycles. The predicted octanol–water partition coefficient (Wildman–Crippen LogP) is 18.6. The Morgan fingerprint density at radius 1 is 0.239 bits per heavy atom. The van der Waals surface area contributed by atoms with Crippen LogP contribution in [0.5, 0.6) is 0 Å². The van der Waals surface area contributed by atoms with Gasteiger partial charge in [0.2, 0.25) is 0 Å². The van der Waals surface area contributed by atoms with Gasteiger partial charge in [-0.15, -0.1) is 0 Å². The van der Waals surface area contributed by atoms with Gasteiger partial charge in [-0.2, -0.15) is 0 Å². The smallest absolute Gasteiger partial charge is 0.0715 e. The molecule has 12 aromatic carbocycles. The number of anilines is 6. The van der Waals surface area contributed by atoms with E-state index in [1.165, 1.54) is 99.4 Å². The molecule has 2 nitrogen and oxygen atoms in total. The fourth-order valence-corrected chi connectivity index (χ4v) is 12.7. The van der Waals surface area contributed by atoms with Crippen molar-refractivity contribution in [3.63, 3.8) is 0 Å². The van der Waals surface area contributed by atoms with Gasteiger partial charge in [0, 0.05) is 33.9 Å². The quantitative estimate of drug-likeness (QED) is 0.150. The molecule has 0 saturated heterocycles. The monoisotopic (exact) mass is 900 g/mol. The maximum atomic E-state index is 2.60. The molecule has 0 unspecified atom stereocenters. The van der Waals surface area contributed by atoms with Crippen LogP contribution in [0.25, 0.3) is 77.2 Å². The van der Waals surface area contributed by atoms with Crippen LogP contribution in [0.15, 0.2) is 267 Å². The number of benzene rings is 12. The molecule has 0 fully saturated rings. The molecule has 12 aromatic rings. The van der Waals surface area contributed by atoms with Gasteiger partial charge in [-0.25, -0.2) is 0 Å². The molecule has 0 radical (unpaired) electrons. The molecule has 0 amide bonds. The summed E-state index contributed by atoms with van der Waals surface area (Å²) in [5.74, 6) is 0. The van der Waals surface area contributed by atoms with E-state index in [1.807, 2.05) is 0 Å². The molecule has 0 atom stereocenters. The Bertz CT molecular complexity index is 3890. The molecule has 15 rings (SSSR count). The minimum absolute atomic E-state index is 0.677. The fraction of sp³-hybridized carbons (Fsp3) is 0.0145. The Labute approximate surface area is 413 Å². The van der Waals surface area contributed by atoms with Crippen molar-refractivity contribution < 1.29 is 0 Å². The van der Waals surface area contributed by atoms with Crippen LogP contribution in [0.3, 0.4) is 0 Å². The molecule has 3 aliphatic rings. The minimum atomic E-state index is -0.677. The van der Waals surface area contributed by atoms with Crippen LogP contribution in [0, 0.1) is 0 Å². The van der Waals surface area contributed by atoms with Gasteiger partial charge in [0.1, 0.15) is 0 Å². The van der Waals surface area contributed by atoms with E-state index in [2.05, 4.69) is 277 Å². The molecule has 330 valence electrons. The van der Waals surface area contributed by atoms with Crippen LogP contribution in [0.2, 0.25) is 0 Å². The lowest BCUT2D eigenvalue weighted by Gasteiger charge is -2.36. The third kappa shape index (κ3) is 5.65. The van der Waals surface area contributed by atoms with Crippen molar-refractivity contribution in [2.45, 2.75) is 5.41 Å². The second kappa shape index (κ2) is 15.4. The van der Waals surface area contributed by atoms with Crippen LogP contribution >= 0.6 is 0 Å². The van der Waals surface area contributed by atoms with E-state index in [9.17, 15) is 0 Å². The summed E-state index contributed by atoms with van der Waals surface area (Å²) in [6.07, 6.45) is 0. The lowest BCUT2D eigenvalue weighted by molar-refractivity contribution is 0.768. The maximum Gasteiger partial charge on any atom is 0.0715 e. The number of hydrogen-bond acceptors (Lipinski definition) is 2. The molecule has 3 aliphatic carbocycles. The van der Waals surface area contributed by atoms with Crippen molar-refractivity contribution in [2.75, 3.05) is 9.80 Å². The third-order valence-electron chi connectivity index (χ3n) is 15.6. The van der Waals surface area contributed by atoms with E-state index in [4.69, 9.17) is 0 Å². The first-order chi connectivity index (χ1) is 35.3. The second-order valence-corrected chi connectivity index (χ2v) is 19.1.